The van der Waals surface area contributed by atoms with Gasteiger partial charge in [0.15, 0.2) is 0 Å². The summed E-state index contributed by atoms with van der Waals surface area (Å²) in [4.78, 5) is 24.0. The highest BCUT2D eigenvalue weighted by Crippen LogP contribution is 2.21. The van der Waals surface area contributed by atoms with Crippen molar-refractivity contribution in [1.29, 1.82) is 5.26 Å². The third-order valence-electron chi connectivity index (χ3n) is 2.76. The first kappa shape index (κ1) is 12.9. The number of amides is 2. The number of ether oxygens (including phenoxy) is 1. The zero-order valence-corrected chi connectivity index (χ0v) is 10.4. The standard InChI is InChI=1S/C13H13N3O3/c1-9(17)15-7-12-8-16(13(18)19-12)11-4-2-10(6-14)3-5-11/h2-5,12H,7-8H2,1H3,(H,15,17)/t12-/m0/s1. The lowest BCUT2D eigenvalue weighted by Gasteiger charge is -2.12. The summed E-state index contributed by atoms with van der Waals surface area (Å²) >= 11 is 0. The lowest BCUT2D eigenvalue weighted by molar-refractivity contribution is -0.119. The van der Waals surface area contributed by atoms with Gasteiger partial charge in [0.2, 0.25) is 5.91 Å². The minimum atomic E-state index is -0.444. The van der Waals surface area contributed by atoms with Crippen molar-refractivity contribution in [3.63, 3.8) is 0 Å². The number of carbonyl (C=O) groups is 2. The van der Waals surface area contributed by atoms with E-state index < -0.39 is 6.09 Å². The van der Waals surface area contributed by atoms with Crippen LogP contribution in [0.15, 0.2) is 24.3 Å². The Balaban J connectivity index is 2.03. The van der Waals surface area contributed by atoms with Crippen LogP contribution < -0.4 is 10.2 Å². The van der Waals surface area contributed by atoms with Gasteiger partial charge >= 0.3 is 6.09 Å². The number of rotatable bonds is 3. The molecule has 1 heterocycles. The second-order valence-electron chi connectivity index (χ2n) is 4.21. The minimum absolute atomic E-state index is 0.159. The van der Waals surface area contributed by atoms with Gasteiger partial charge in [0, 0.05) is 12.6 Å². The first-order valence-electron chi connectivity index (χ1n) is 5.83. The topological polar surface area (TPSA) is 82.4 Å². The summed E-state index contributed by atoms with van der Waals surface area (Å²) in [6.45, 7) is 2.09. The van der Waals surface area contributed by atoms with E-state index >= 15 is 0 Å². The average molecular weight is 259 g/mol. The molecule has 2 rings (SSSR count). The highest BCUT2D eigenvalue weighted by Gasteiger charge is 2.32. The lowest BCUT2D eigenvalue weighted by Crippen LogP contribution is -2.33. The first-order valence-corrected chi connectivity index (χ1v) is 5.83. The molecule has 0 spiro atoms. The number of nitriles is 1. The molecular weight excluding hydrogens is 246 g/mol. The Hall–Kier alpha value is -2.55. The fraction of sp³-hybridized carbons (Fsp3) is 0.308. The molecule has 1 saturated heterocycles. The Bertz CT molecular complexity index is 533. The summed E-state index contributed by atoms with van der Waals surface area (Å²) in [5.41, 5.74) is 1.21. The van der Waals surface area contributed by atoms with E-state index in [0.717, 1.165) is 0 Å². The number of benzene rings is 1. The third-order valence-corrected chi connectivity index (χ3v) is 2.76. The molecule has 1 aromatic rings. The van der Waals surface area contributed by atoms with E-state index in [9.17, 15) is 9.59 Å². The molecule has 19 heavy (non-hydrogen) atoms. The molecule has 2 amide bonds. The number of anilines is 1. The smallest absolute Gasteiger partial charge is 0.414 e. The lowest BCUT2D eigenvalue weighted by atomic mass is 10.2. The molecule has 0 bridgehead atoms. The Morgan fingerprint density at radius 3 is 2.79 bits per heavy atom. The summed E-state index contributed by atoms with van der Waals surface area (Å²) in [5, 5.41) is 11.3. The van der Waals surface area contributed by atoms with Gasteiger partial charge in [-0.05, 0) is 24.3 Å². The van der Waals surface area contributed by atoms with Crippen molar-refractivity contribution >= 4 is 17.7 Å². The molecule has 1 atom stereocenters. The molecule has 1 aliphatic heterocycles. The van der Waals surface area contributed by atoms with Crippen molar-refractivity contribution in [2.24, 2.45) is 0 Å². The summed E-state index contributed by atoms with van der Waals surface area (Å²) in [6.07, 6.45) is -0.799. The van der Waals surface area contributed by atoms with Crippen molar-refractivity contribution in [3.8, 4) is 6.07 Å². The highest BCUT2D eigenvalue weighted by molar-refractivity contribution is 5.89. The van der Waals surface area contributed by atoms with E-state index in [-0.39, 0.29) is 12.0 Å². The Labute approximate surface area is 110 Å². The van der Waals surface area contributed by atoms with Crippen LogP contribution in [0.2, 0.25) is 0 Å². The normalized spacial score (nSPS) is 17.8. The van der Waals surface area contributed by atoms with Crippen molar-refractivity contribution in [2.75, 3.05) is 18.0 Å². The zero-order chi connectivity index (χ0) is 13.8. The largest absolute Gasteiger partial charge is 0.442 e. The minimum Gasteiger partial charge on any atom is -0.442 e. The second-order valence-corrected chi connectivity index (χ2v) is 4.21. The second kappa shape index (κ2) is 5.40. The number of cyclic esters (lactones) is 1. The molecule has 1 fully saturated rings. The molecular formula is C13H13N3O3. The number of hydrogen-bond donors (Lipinski definition) is 1. The maximum Gasteiger partial charge on any atom is 0.414 e. The van der Waals surface area contributed by atoms with Crippen LogP contribution >= 0.6 is 0 Å². The van der Waals surface area contributed by atoms with E-state index in [4.69, 9.17) is 10.00 Å². The van der Waals surface area contributed by atoms with E-state index in [2.05, 4.69) is 5.32 Å². The quantitative estimate of drug-likeness (QED) is 0.878. The van der Waals surface area contributed by atoms with Crippen LogP contribution in [0.25, 0.3) is 0 Å². The highest BCUT2D eigenvalue weighted by atomic mass is 16.6. The molecule has 0 aliphatic carbocycles. The van der Waals surface area contributed by atoms with Crippen molar-refractivity contribution in [1.82, 2.24) is 5.32 Å². The van der Waals surface area contributed by atoms with Crippen LogP contribution in [0.1, 0.15) is 12.5 Å². The van der Waals surface area contributed by atoms with Crippen LogP contribution in [0.4, 0.5) is 10.5 Å². The molecule has 0 radical (unpaired) electrons. The van der Waals surface area contributed by atoms with Crippen molar-refractivity contribution in [2.45, 2.75) is 13.0 Å². The predicted octanol–water partition coefficient (Wildman–Crippen LogP) is 1.02. The molecule has 0 unspecified atom stereocenters. The maximum atomic E-state index is 11.7. The van der Waals surface area contributed by atoms with Gasteiger partial charge < -0.3 is 10.1 Å². The van der Waals surface area contributed by atoms with Crippen LogP contribution in [0.3, 0.4) is 0 Å². The molecule has 1 N–H and O–H groups in total. The fourth-order valence-corrected chi connectivity index (χ4v) is 1.81. The van der Waals surface area contributed by atoms with Crippen LogP contribution in [0.5, 0.6) is 0 Å². The summed E-state index contributed by atoms with van der Waals surface area (Å²) in [6, 6.07) is 8.69. The van der Waals surface area contributed by atoms with Gasteiger partial charge in [-0.1, -0.05) is 0 Å². The molecule has 6 heteroatoms. The van der Waals surface area contributed by atoms with Gasteiger partial charge in [-0.3, -0.25) is 9.69 Å². The number of hydrogen-bond acceptors (Lipinski definition) is 4. The van der Waals surface area contributed by atoms with Gasteiger partial charge in [-0.25, -0.2) is 4.79 Å². The van der Waals surface area contributed by atoms with E-state index in [1.54, 1.807) is 24.3 Å². The van der Waals surface area contributed by atoms with Crippen molar-refractivity contribution < 1.29 is 14.3 Å². The molecule has 0 aromatic heterocycles. The summed E-state index contributed by atoms with van der Waals surface area (Å²) in [7, 11) is 0. The molecule has 6 nitrogen and oxygen atoms in total. The third kappa shape index (κ3) is 3.01. The zero-order valence-electron chi connectivity index (χ0n) is 10.4. The van der Waals surface area contributed by atoms with Crippen molar-refractivity contribution in [3.05, 3.63) is 29.8 Å². The number of carbonyl (C=O) groups excluding carboxylic acids is 2. The van der Waals surface area contributed by atoms with Gasteiger partial charge in [0.25, 0.3) is 0 Å². The van der Waals surface area contributed by atoms with E-state index in [1.165, 1.54) is 11.8 Å². The number of nitrogens with one attached hydrogen (secondary N) is 1. The van der Waals surface area contributed by atoms with Gasteiger partial charge in [-0.15, -0.1) is 0 Å². The van der Waals surface area contributed by atoms with Crippen LogP contribution in [0, 0.1) is 11.3 Å². The first-order chi connectivity index (χ1) is 9.10. The Kier molecular flexibility index (Phi) is 3.66. The average Bonchev–Trinajstić information content (AvgIpc) is 2.78. The van der Waals surface area contributed by atoms with E-state index in [1.807, 2.05) is 6.07 Å². The van der Waals surface area contributed by atoms with Crippen LogP contribution in [-0.4, -0.2) is 31.2 Å². The fourth-order valence-electron chi connectivity index (χ4n) is 1.81. The van der Waals surface area contributed by atoms with Gasteiger partial charge in [0.05, 0.1) is 24.7 Å². The van der Waals surface area contributed by atoms with Gasteiger partial charge in [0.1, 0.15) is 6.10 Å². The summed E-state index contributed by atoms with van der Waals surface area (Å²) < 4.78 is 5.14. The van der Waals surface area contributed by atoms with Crippen LogP contribution in [-0.2, 0) is 9.53 Å². The number of nitrogens with zero attached hydrogens (tertiary/aromatic N) is 2. The molecule has 98 valence electrons. The molecule has 1 aliphatic rings. The summed E-state index contributed by atoms with van der Waals surface area (Å²) in [5.74, 6) is -0.159. The Morgan fingerprint density at radius 2 is 2.21 bits per heavy atom. The van der Waals surface area contributed by atoms with E-state index in [0.29, 0.717) is 24.3 Å². The Morgan fingerprint density at radius 1 is 1.53 bits per heavy atom. The monoisotopic (exact) mass is 259 g/mol. The molecule has 1 aromatic carbocycles. The SMILES string of the molecule is CC(=O)NC[C@H]1CN(c2ccc(C#N)cc2)C(=O)O1. The predicted molar refractivity (Wildman–Crippen MR) is 67.5 cm³/mol. The maximum absolute atomic E-state index is 11.7. The van der Waals surface area contributed by atoms with Gasteiger partial charge in [-0.2, -0.15) is 5.26 Å². The molecule has 0 saturated carbocycles.